The second-order valence-electron chi connectivity index (χ2n) is 7.52. The van der Waals surface area contributed by atoms with Crippen molar-refractivity contribution >= 4 is 5.78 Å². The van der Waals surface area contributed by atoms with E-state index in [0.29, 0.717) is 29.3 Å². The maximum absolute atomic E-state index is 12.3. The molecule has 4 rings (SSSR count). The lowest BCUT2D eigenvalue weighted by molar-refractivity contribution is -0.129. The van der Waals surface area contributed by atoms with Gasteiger partial charge in [-0.25, -0.2) is 0 Å². The van der Waals surface area contributed by atoms with Gasteiger partial charge in [0.2, 0.25) is 0 Å². The first-order valence-corrected chi connectivity index (χ1v) is 8.48. The van der Waals surface area contributed by atoms with Gasteiger partial charge in [-0.2, -0.15) is 0 Å². The van der Waals surface area contributed by atoms with E-state index in [2.05, 4.69) is 13.0 Å². The van der Waals surface area contributed by atoms with Gasteiger partial charge in [-0.1, -0.05) is 13.0 Å². The summed E-state index contributed by atoms with van der Waals surface area (Å²) >= 11 is 0. The van der Waals surface area contributed by atoms with E-state index in [1.54, 1.807) is 13.2 Å². The first-order valence-electron chi connectivity index (χ1n) is 8.48. The number of ketones is 1. The number of aromatic hydroxyl groups is 1. The molecule has 0 aromatic heterocycles. The number of phenols is 1. The van der Waals surface area contributed by atoms with Gasteiger partial charge >= 0.3 is 0 Å². The van der Waals surface area contributed by atoms with E-state index in [0.717, 1.165) is 38.5 Å². The molecule has 0 radical (unpaired) electrons. The lowest BCUT2D eigenvalue weighted by Gasteiger charge is -2.48. The van der Waals surface area contributed by atoms with Crippen molar-refractivity contribution < 1.29 is 14.6 Å². The number of ether oxygens (including phenoxy) is 1. The number of rotatable bonds is 1. The van der Waals surface area contributed by atoms with Crippen LogP contribution < -0.4 is 4.74 Å². The summed E-state index contributed by atoms with van der Waals surface area (Å²) in [4.78, 5) is 12.3. The van der Waals surface area contributed by atoms with E-state index in [1.165, 1.54) is 11.1 Å². The Morgan fingerprint density at radius 1 is 1.23 bits per heavy atom. The van der Waals surface area contributed by atoms with Gasteiger partial charge < -0.3 is 9.84 Å². The monoisotopic (exact) mass is 300 g/mol. The molecule has 2 fully saturated rings. The number of methoxy groups -OCH3 is 1. The molecular formula is C19H24O3. The van der Waals surface area contributed by atoms with Gasteiger partial charge in [-0.05, 0) is 61.5 Å². The molecule has 0 saturated heterocycles. The van der Waals surface area contributed by atoms with Gasteiger partial charge in [0.1, 0.15) is 5.78 Å². The molecule has 0 unspecified atom stereocenters. The standard InChI is InChI=1S/C19H24O3/c1-19-10-9-12-11-5-7-16(20)18(22-2)14(11)4-3-13(12)15(19)6-8-17(19)21/h5,7,12-13,15,20H,3-4,6,8-10H2,1-2H3/t12-,13-,15+,19+/m0/s1. The second-order valence-corrected chi connectivity index (χ2v) is 7.52. The van der Waals surface area contributed by atoms with E-state index in [-0.39, 0.29) is 11.2 Å². The smallest absolute Gasteiger partial charge is 0.163 e. The highest BCUT2D eigenvalue weighted by Crippen LogP contribution is 2.60. The van der Waals surface area contributed by atoms with Crippen molar-refractivity contribution in [3.05, 3.63) is 23.3 Å². The van der Waals surface area contributed by atoms with Crippen molar-refractivity contribution in [2.75, 3.05) is 7.11 Å². The van der Waals surface area contributed by atoms with Crippen LogP contribution in [0.3, 0.4) is 0 Å². The van der Waals surface area contributed by atoms with E-state index in [1.807, 2.05) is 0 Å². The van der Waals surface area contributed by atoms with Gasteiger partial charge in [0.25, 0.3) is 0 Å². The summed E-state index contributed by atoms with van der Waals surface area (Å²) in [5, 5.41) is 10.0. The number of carbonyl (C=O) groups is 1. The highest BCUT2D eigenvalue weighted by atomic mass is 16.5. The molecule has 3 aliphatic carbocycles. The van der Waals surface area contributed by atoms with Gasteiger partial charge in [0, 0.05) is 17.4 Å². The lowest BCUT2D eigenvalue weighted by Crippen LogP contribution is -2.42. The third-order valence-corrected chi connectivity index (χ3v) is 6.75. The van der Waals surface area contributed by atoms with Crippen LogP contribution in [0, 0.1) is 17.3 Å². The van der Waals surface area contributed by atoms with Crippen molar-refractivity contribution in [1.29, 1.82) is 0 Å². The number of benzene rings is 1. The molecule has 22 heavy (non-hydrogen) atoms. The Morgan fingerprint density at radius 2 is 2.05 bits per heavy atom. The summed E-state index contributed by atoms with van der Waals surface area (Å²) in [6.07, 6.45) is 6.02. The molecule has 0 aliphatic heterocycles. The summed E-state index contributed by atoms with van der Waals surface area (Å²) in [7, 11) is 1.63. The molecule has 1 aromatic rings. The first kappa shape index (κ1) is 14.1. The maximum atomic E-state index is 12.3. The Kier molecular flexibility index (Phi) is 3.04. The minimum absolute atomic E-state index is 0.0698. The number of hydrogen-bond acceptors (Lipinski definition) is 3. The highest BCUT2D eigenvalue weighted by Gasteiger charge is 2.54. The van der Waals surface area contributed by atoms with Gasteiger partial charge in [0.05, 0.1) is 7.11 Å². The van der Waals surface area contributed by atoms with Crippen LogP contribution in [0.1, 0.15) is 56.1 Å². The van der Waals surface area contributed by atoms with Crippen LogP contribution >= 0.6 is 0 Å². The Morgan fingerprint density at radius 3 is 2.82 bits per heavy atom. The number of phenolic OH excluding ortho intramolecular Hbond substituents is 1. The molecule has 4 atom stereocenters. The first-order chi connectivity index (χ1) is 10.6. The fourth-order valence-corrected chi connectivity index (χ4v) is 5.62. The van der Waals surface area contributed by atoms with E-state index in [9.17, 15) is 9.90 Å². The van der Waals surface area contributed by atoms with Crippen molar-refractivity contribution in [1.82, 2.24) is 0 Å². The minimum Gasteiger partial charge on any atom is -0.504 e. The molecule has 0 bridgehead atoms. The Hall–Kier alpha value is -1.51. The largest absolute Gasteiger partial charge is 0.504 e. The van der Waals surface area contributed by atoms with Crippen LogP contribution in [0.4, 0.5) is 0 Å². The number of Topliss-reactive ketones (excluding diaryl/α,β-unsaturated/α-hetero) is 1. The molecule has 3 nitrogen and oxygen atoms in total. The topological polar surface area (TPSA) is 46.5 Å². The quantitative estimate of drug-likeness (QED) is 0.857. The third-order valence-electron chi connectivity index (χ3n) is 6.75. The Labute approximate surface area is 131 Å². The molecule has 0 heterocycles. The van der Waals surface area contributed by atoms with Gasteiger partial charge in [0.15, 0.2) is 11.5 Å². The van der Waals surface area contributed by atoms with Crippen LogP contribution in [0.25, 0.3) is 0 Å². The van der Waals surface area contributed by atoms with Crippen molar-refractivity contribution in [3.63, 3.8) is 0 Å². The molecule has 1 aromatic carbocycles. The normalized spacial score (nSPS) is 36.5. The Balaban J connectivity index is 1.75. The minimum atomic E-state index is -0.0698. The van der Waals surface area contributed by atoms with E-state index in [4.69, 9.17) is 4.74 Å². The Bertz CT molecular complexity index is 636. The molecule has 2 saturated carbocycles. The van der Waals surface area contributed by atoms with Crippen LogP contribution in [-0.4, -0.2) is 18.0 Å². The van der Waals surface area contributed by atoms with Gasteiger partial charge in [-0.3, -0.25) is 4.79 Å². The lowest BCUT2D eigenvalue weighted by atomic mass is 9.55. The number of fused-ring (bicyclic) bond motifs is 5. The van der Waals surface area contributed by atoms with Crippen LogP contribution in [0.5, 0.6) is 11.5 Å². The maximum Gasteiger partial charge on any atom is 0.163 e. The second kappa shape index (κ2) is 4.74. The van der Waals surface area contributed by atoms with Crippen LogP contribution in [0.15, 0.2) is 12.1 Å². The summed E-state index contributed by atoms with van der Waals surface area (Å²) in [6.45, 7) is 2.20. The SMILES string of the molecule is COc1c(O)ccc2c1CC[C@@H]1[C@H]3CCC(=O)[C@]3(C)CC[C@@H]21. The fraction of sp³-hybridized carbons (Fsp3) is 0.632. The average molecular weight is 300 g/mol. The molecule has 0 spiro atoms. The molecule has 3 heteroatoms. The third kappa shape index (κ3) is 1.71. The molecule has 1 N–H and O–H groups in total. The summed E-state index contributed by atoms with van der Waals surface area (Å²) < 4.78 is 5.44. The molecular weight excluding hydrogens is 276 g/mol. The summed E-state index contributed by atoms with van der Waals surface area (Å²) in [5.74, 6) is 3.09. The summed E-state index contributed by atoms with van der Waals surface area (Å²) in [6, 6.07) is 3.86. The highest BCUT2D eigenvalue weighted by molar-refractivity contribution is 5.87. The number of hydrogen-bond donors (Lipinski definition) is 1. The molecule has 3 aliphatic rings. The van der Waals surface area contributed by atoms with Crippen molar-refractivity contribution in [2.45, 2.75) is 51.4 Å². The average Bonchev–Trinajstić information content (AvgIpc) is 2.82. The number of carbonyl (C=O) groups excluding carboxylic acids is 1. The predicted molar refractivity (Wildman–Crippen MR) is 84.3 cm³/mol. The zero-order chi connectivity index (χ0) is 15.5. The van der Waals surface area contributed by atoms with Gasteiger partial charge in [-0.15, -0.1) is 0 Å². The van der Waals surface area contributed by atoms with E-state index < -0.39 is 0 Å². The molecule has 118 valence electrons. The van der Waals surface area contributed by atoms with Crippen LogP contribution in [-0.2, 0) is 11.2 Å². The predicted octanol–water partition coefficient (Wildman–Crippen LogP) is 3.83. The van der Waals surface area contributed by atoms with Crippen LogP contribution in [0.2, 0.25) is 0 Å². The zero-order valence-electron chi connectivity index (χ0n) is 13.4. The van der Waals surface area contributed by atoms with Crippen molar-refractivity contribution in [3.8, 4) is 11.5 Å². The van der Waals surface area contributed by atoms with E-state index >= 15 is 0 Å². The summed E-state index contributed by atoms with van der Waals surface area (Å²) in [5.41, 5.74) is 2.48. The molecule has 0 amide bonds. The zero-order valence-corrected chi connectivity index (χ0v) is 13.4. The van der Waals surface area contributed by atoms with Crippen molar-refractivity contribution in [2.24, 2.45) is 17.3 Å². The fourth-order valence-electron chi connectivity index (χ4n) is 5.62.